The Labute approximate surface area is 132 Å². The molecule has 6 heteroatoms. The number of benzene rings is 2. The molecule has 4 rings (SSSR count). The molecule has 1 aliphatic heterocycles. The van der Waals surface area contributed by atoms with Gasteiger partial charge in [-0.1, -0.05) is 42.0 Å². The Morgan fingerprint density at radius 3 is 2.65 bits per heavy atom. The van der Waals surface area contributed by atoms with Gasteiger partial charge in [0.05, 0.1) is 0 Å². The number of hydrogen-bond donors (Lipinski definition) is 0. The van der Waals surface area contributed by atoms with Gasteiger partial charge < -0.3 is 14.9 Å². The lowest BCUT2D eigenvalue weighted by Crippen LogP contribution is -2.14. The molecule has 6 nitrogen and oxygen atoms in total. The minimum atomic E-state index is -0.381. The normalized spacial score (nSPS) is 12.2. The summed E-state index contributed by atoms with van der Waals surface area (Å²) in [7, 11) is 0. The maximum Gasteiger partial charge on any atom is 0.356 e. The zero-order chi connectivity index (χ0) is 16.0. The highest BCUT2D eigenvalue weighted by atomic mass is 16.6. The first-order valence-electron chi connectivity index (χ1n) is 7.20. The monoisotopic (exact) mass is 307 g/mol. The van der Waals surface area contributed by atoms with Crippen LogP contribution in [0.1, 0.15) is 11.4 Å². The Hall–Kier alpha value is -3.15. The number of imidazole rings is 1. The number of nitrogens with zero attached hydrogens (tertiary/aromatic N) is 3. The fourth-order valence-corrected chi connectivity index (χ4v) is 2.79. The minimum Gasteiger partial charge on any atom is -0.479 e. The van der Waals surface area contributed by atoms with Crippen LogP contribution in [-0.4, -0.2) is 14.5 Å². The number of nitro groups is 1. The second kappa shape index (κ2) is 4.95. The van der Waals surface area contributed by atoms with Crippen LogP contribution < -0.4 is 4.74 Å². The maximum absolute atomic E-state index is 11.7. The number of fused-ring (bicyclic) bond motifs is 3. The van der Waals surface area contributed by atoms with E-state index in [1.54, 1.807) is 16.7 Å². The van der Waals surface area contributed by atoms with Gasteiger partial charge in [0, 0.05) is 5.56 Å². The number of aryl methyl sites for hydroxylation is 1. The van der Waals surface area contributed by atoms with Crippen LogP contribution in [0.25, 0.3) is 16.9 Å². The lowest BCUT2D eigenvalue weighted by molar-refractivity contribution is -0.390. The summed E-state index contributed by atoms with van der Waals surface area (Å²) in [6.45, 7) is 2.18. The van der Waals surface area contributed by atoms with Crippen LogP contribution in [0.3, 0.4) is 0 Å². The van der Waals surface area contributed by atoms with E-state index in [0.717, 1.165) is 11.1 Å². The first-order valence-corrected chi connectivity index (χ1v) is 7.20. The van der Waals surface area contributed by atoms with Gasteiger partial charge in [0.25, 0.3) is 0 Å². The molecule has 0 amide bonds. The number of para-hydroxylation sites is 2. The second-order valence-corrected chi connectivity index (χ2v) is 5.42. The van der Waals surface area contributed by atoms with Crippen molar-refractivity contribution in [2.24, 2.45) is 0 Å². The first-order chi connectivity index (χ1) is 11.1. The van der Waals surface area contributed by atoms with Crippen molar-refractivity contribution >= 4 is 5.82 Å². The van der Waals surface area contributed by atoms with Crippen LogP contribution >= 0.6 is 0 Å². The fraction of sp³-hybridized carbons (Fsp3) is 0.118. The molecule has 0 radical (unpaired) electrons. The Bertz CT molecular complexity index is 913. The molecule has 0 atom stereocenters. The van der Waals surface area contributed by atoms with Crippen LogP contribution in [0.2, 0.25) is 0 Å². The largest absolute Gasteiger partial charge is 0.479 e. The summed E-state index contributed by atoms with van der Waals surface area (Å²) in [5.74, 6) is 1.13. The SMILES string of the molecule is Cc1ccc(-c2nc3n(c2[N+](=O)[O-])-c2ccccc2OC3)cc1. The summed E-state index contributed by atoms with van der Waals surface area (Å²) in [6, 6.07) is 14.8. The molecule has 0 unspecified atom stereocenters. The van der Waals surface area contributed by atoms with Crippen LogP contribution in [-0.2, 0) is 6.61 Å². The Morgan fingerprint density at radius 2 is 1.91 bits per heavy atom. The first kappa shape index (κ1) is 13.5. The molecule has 3 aromatic rings. The molecule has 1 aliphatic rings. The van der Waals surface area contributed by atoms with Crippen molar-refractivity contribution in [3.63, 3.8) is 0 Å². The van der Waals surface area contributed by atoms with Crippen molar-refractivity contribution in [2.45, 2.75) is 13.5 Å². The third-order valence-electron chi connectivity index (χ3n) is 3.88. The summed E-state index contributed by atoms with van der Waals surface area (Å²) in [5.41, 5.74) is 2.83. The second-order valence-electron chi connectivity index (χ2n) is 5.42. The topological polar surface area (TPSA) is 70.2 Å². The zero-order valence-corrected chi connectivity index (χ0v) is 12.4. The average Bonchev–Trinajstić information content (AvgIpc) is 2.95. The van der Waals surface area contributed by atoms with Crippen LogP contribution in [0.5, 0.6) is 5.75 Å². The highest BCUT2D eigenvalue weighted by molar-refractivity contribution is 5.71. The molecule has 0 spiro atoms. The summed E-state index contributed by atoms with van der Waals surface area (Å²) >= 11 is 0. The minimum absolute atomic E-state index is 0.0281. The molecule has 2 aromatic carbocycles. The predicted octanol–water partition coefficient (Wildman–Crippen LogP) is 3.65. The molecule has 0 bridgehead atoms. The quantitative estimate of drug-likeness (QED) is 0.535. The van der Waals surface area contributed by atoms with E-state index in [-0.39, 0.29) is 17.3 Å². The van der Waals surface area contributed by atoms with Crippen molar-refractivity contribution in [1.29, 1.82) is 0 Å². The van der Waals surface area contributed by atoms with Gasteiger partial charge in [0.1, 0.15) is 0 Å². The number of aromatic nitrogens is 2. The molecule has 0 saturated carbocycles. The molecule has 0 saturated heterocycles. The highest BCUT2D eigenvalue weighted by Gasteiger charge is 2.34. The average molecular weight is 307 g/mol. The number of rotatable bonds is 2. The van der Waals surface area contributed by atoms with Crippen molar-refractivity contribution in [3.8, 4) is 22.7 Å². The Kier molecular flexibility index (Phi) is 2.90. The van der Waals surface area contributed by atoms with E-state index in [2.05, 4.69) is 4.98 Å². The van der Waals surface area contributed by atoms with Crippen LogP contribution in [0, 0.1) is 17.0 Å². The van der Waals surface area contributed by atoms with E-state index in [9.17, 15) is 10.1 Å². The molecule has 2 heterocycles. The molecule has 0 N–H and O–H groups in total. The van der Waals surface area contributed by atoms with Crippen molar-refractivity contribution in [1.82, 2.24) is 9.55 Å². The predicted molar refractivity (Wildman–Crippen MR) is 84.7 cm³/mol. The van der Waals surface area contributed by atoms with Gasteiger partial charge in [-0.2, -0.15) is 4.57 Å². The smallest absolute Gasteiger partial charge is 0.356 e. The van der Waals surface area contributed by atoms with E-state index in [0.29, 0.717) is 23.0 Å². The summed E-state index contributed by atoms with van der Waals surface area (Å²) in [5, 5.41) is 11.7. The van der Waals surface area contributed by atoms with Gasteiger partial charge in [0.15, 0.2) is 23.7 Å². The van der Waals surface area contributed by atoms with Gasteiger partial charge >= 0.3 is 5.82 Å². The molecule has 1 aromatic heterocycles. The third-order valence-corrected chi connectivity index (χ3v) is 3.88. The van der Waals surface area contributed by atoms with Gasteiger partial charge in [-0.3, -0.25) is 0 Å². The molecule has 0 fully saturated rings. The Balaban J connectivity index is 1.99. The fourth-order valence-electron chi connectivity index (χ4n) is 2.79. The van der Waals surface area contributed by atoms with E-state index < -0.39 is 0 Å². The third kappa shape index (κ3) is 2.07. The molecule has 0 aliphatic carbocycles. The van der Waals surface area contributed by atoms with Crippen LogP contribution in [0.15, 0.2) is 48.5 Å². The van der Waals surface area contributed by atoms with Crippen molar-refractivity contribution in [2.75, 3.05) is 0 Å². The van der Waals surface area contributed by atoms with Gasteiger partial charge in [-0.25, -0.2) is 4.98 Å². The maximum atomic E-state index is 11.7. The van der Waals surface area contributed by atoms with E-state index >= 15 is 0 Å². The van der Waals surface area contributed by atoms with Crippen molar-refractivity contribution in [3.05, 3.63) is 70.0 Å². The number of hydrogen-bond acceptors (Lipinski definition) is 4. The van der Waals surface area contributed by atoms with Crippen molar-refractivity contribution < 1.29 is 9.66 Å². The lowest BCUT2D eigenvalue weighted by Gasteiger charge is -2.14. The summed E-state index contributed by atoms with van der Waals surface area (Å²) in [6.07, 6.45) is 0. The van der Waals surface area contributed by atoms with E-state index in [4.69, 9.17) is 4.74 Å². The van der Waals surface area contributed by atoms with E-state index in [1.807, 2.05) is 43.3 Å². The number of ether oxygens (including phenoxy) is 1. The lowest BCUT2D eigenvalue weighted by atomic mass is 10.1. The summed E-state index contributed by atoms with van der Waals surface area (Å²) < 4.78 is 7.22. The standard InChI is InChI=1S/C17H13N3O3/c1-11-6-8-12(9-7-11)16-17(20(21)22)19-13-4-2-3-5-14(13)23-10-15(19)18-16/h2-9H,10H2,1H3. The zero-order valence-electron chi connectivity index (χ0n) is 12.4. The van der Waals surface area contributed by atoms with Gasteiger partial charge in [-0.15, -0.1) is 0 Å². The van der Waals surface area contributed by atoms with Crippen LogP contribution in [0.4, 0.5) is 5.82 Å². The molecule has 23 heavy (non-hydrogen) atoms. The summed E-state index contributed by atoms with van der Waals surface area (Å²) in [4.78, 5) is 15.8. The molecular weight excluding hydrogens is 294 g/mol. The molecular formula is C17H13N3O3. The Morgan fingerprint density at radius 1 is 1.17 bits per heavy atom. The highest BCUT2D eigenvalue weighted by Crippen LogP contribution is 2.38. The molecule has 114 valence electrons. The van der Waals surface area contributed by atoms with Gasteiger partial charge in [-0.05, 0) is 24.0 Å². The van der Waals surface area contributed by atoms with E-state index in [1.165, 1.54) is 0 Å². The van der Waals surface area contributed by atoms with Gasteiger partial charge in [0.2, 0.25) is 5.82 Å².